The van der Waals surface area contributed by atoms with Crippen molar-refractivity contribution in [2.24, 2.45) is 0 Å². The van der Waals surface area contributed by atoms with Crippen molar-refractivity contribution in [1.29, 1.82) is 0 Å². The van der Waals surface area contributed by atoms with E-state index in [0.29, 0.717) is 5.56 Å². The molecule has 9 nitrogen and oxygen atoms in total. The highest BCUT2D eigenvalue weighted by molar-refractivity contribution is 9.10. The number of nitro benzene ring substituents is 2. The zero-order valence-electron chi connectivity index (χ0n) is 15.9. The van der Waals surface area contributed by atoms with Gasteiger partial charge in [0.25, 0.3) is 0 Å². The lowest BCUT2D eigenvalue weighted by molar-refractivity contribution is -0.395. The Kier molecular flexibility index (Phi) is 6.93. The van der Waals surface area contributed by atoms with Gasteiger partial charge in [0.05, 0.1) is 9.85 Å². The first-order valence-corrected chi connectivity index (χ1v) is 9.71. The maximum atomic E-state index is 12.7. The average Bonchev–Trinajstić information content (AvgIpc) is 2.76. The smallest absolute Gasteiger partial charge is 0.352 e. The predicted molar refractivity (Wildman–Crippen MR) is 114 cm³/mol. The number of hydrogen-bond donors (Lipinski definition) is 0. The lowest BCUT2D eigenvalue weighted by Crippen LogP contribution is -2.13. The molecule has 0 saturated carbocycles. The van der Waals surface area contributed by atoms with Crippen LogP contribution in [0.25, 0.3) is 0 Å². The summed E-state index contributed by atoms with van der Waals surface area (Å²) in [7, 11) is 0. The Morgan fingerprint density at radius 3 is 1.87 bits per heavy atom. The van der Waals surface area contributed by atoms with E-state index in [2.05, 4.69) is 15.9 Å². The number of carbonyl (C=O) groups is 1. The summed E-state index contributed by atoms with van der Waals surface area (Å²) in [6.07, 6.45) is 0. The number of carbonyl (C=O) groups excluding carboxylic acids is 1. The van der Waals surface area contributed by atoms with Crippen LogP contribution < -0.4 is 4.74 Å². The minimum absolute atomic E-state index is 0.0373. The van der Waals surface area contributed by atoms with Crippen LogP contribution in [0.5, 0.6) is 5.75 Å². The second-order valence-electron chi connectivity index (χ2n) is 6.28. The molecule has 0 heterocycles. The molecule has 31 heavy (non-hydrogen) atoms. The first-order chi connectivity index (χ1) is 14.9. The molecule has 0 spiro atoms. The van der Waals surface area contributed by atoms with E-state index in [0.717, 1.165) is 11.6 Å². The van der Waals surface area contributed by atoms with E-state index >= 15 is 0 Å². The maximum absolute atomic E-state index is 12.7. The van der Waals surface area contributed by atoms with Gasteiger partial charge in [-0.25, -0.2) is 4.79 Å². The van der Waals surface area contributed by atoms with E-state index in [9.17, 15) is 25.0 Å². The van der Waals surface area contributed by atoms with Crippen molar-refractivity contribution >= 4 is 33.3 Å². The topological polar surface area (TPSA) is 122 Å². The van der Waals surface area contributed by atoms with Crippen LogP contribution in [0.4, 0.5) is 11.4 Å². The molecular weight excluding hydrogens is 472 g/mol. The van der Waals surface area contributed by atoms with Crippen LogP contribution in [0.15, 0.2) is 71.2 Å². The number of halogens is 1. The van der Waals surface area contributed by atoms with E-state index in [1.165, 1.54) is 0 Å². The summed E-state index contributed by atoms with van der Waals surface area (Å²) in [5.74, 6) is -1.49. The summed E-state index contributed by atoms with van der Waals surface area (Å²) in [6, 6.07) is 18.5. The summed E-state index contributed by atoms with van der Waals surface area (Å²) in [4.78, 5) is 34.4. The van der Waals surface area contributed by atoms with E-state index in [-0.39, 0.29) is 23.4 Å². The maximum Gasteiger partial charge on any atom is 0.352 e. The summed E-state index contributed by atoms with van der Waals surface area (Å²) >= 11 is 3.02. The molecule has 0 atom stereocenters. The Hall–Kier alpha value is -3.79. The van der Waals surface area contributed by atoms with Gasteiger partial charge in [-0.05, 0) is 27.1 Å². The quantitative estimate of drug-likeness (QED) is 0.243. The van der Waals surface area contributed by atoms with E-state index in [1.54, 1.807) is 60.7 Å². The zero-order chi connectivity index (χ0) is 22.4. The van der Waals surface area contributed by atoms with Crippen LogP contribution >= 0.6 is 15.9 Å². The Bertz CT molecular complexity index is 1120. The molecule has 0 fully saturated rings. The third kappa shape index (κ3) is 5.23. The molecule has 0 radical (unpaired) electrons. The predicted octanol–water partition coefficient (Wildman–Crippen LogP) is 5.20. The standard InChI is InChI=1S/C21H15BrN2O7/c22-16-11-17(30-12-14-7-3-1-4-8-14)20(24(28)29)18(19(16)23(26)27)21(25)31-13-15-9-5-2-6-10-15/h1-11H,12-13H2. The van der Waals surface area contributed by atoms with E-state index in [1.807, 2.05) is 0 Å². The van der Waals surface area contributed by atoms with Crippen LogP contribution in [0, 0.1) is 20.2 Å². The average molecular weight is 487 g/mol. The minimum atomic E-state index is -1.20. The van der Waals surface area contributed by atoms with Gasteiger partial charge in [0.15, 0.2) is 5.75 Å². The Labute approximate surface area is 184 Å². The van der Waals surface area contributed by atoms with Gasteiger partial charge in [0, 0.05) is 6.07 Å². The molecular formula is C21H15BrN2O7. The highest BCUT2D eigenvalue weighted by atomic mass is 79.9. The van der Waals surface area contributed by atoms with Crippen molar-refractivity contribution in [2.75, 3.05) is 0 Å². The van der Waals surface area contributed by atoms with Crippen LogP contribution in [0.3, 0.4) is 0 Å². The van der Waals surface area contributed by atoms with E-state index in [4.69, 9.17) is 9.47 Å². The van der Waals surface area contributed by atoms with Gasteiger partial charge in [0.2, 0.25) is 5.56 Å². The molecule has 0 N–H and O–H groups in total. The third-order valence-corrected chi connectivity index (χ3v) is 4.81. The number of nitro groups is 2. The number of hydrogen-bond acceptors (Lipinski definition) is 7. The Morgan fingerprint density at radius 1 is 0.839 bits per heavy atom. The van der Waals surface area contributed by atoms with Gasteiger partial charge in [0.1, 0.15) is 17.7 Å². The summed E-state index contributed by atoms with van der Waals surface area (Å²) in [5.41, 5.74) is -1.04. The molecule has 0 aliphatic carbocycles. The van der Waals surface area contributed by atoms with E-state index < -0.39 is 32.8 Å². The fourth-order valence-corrected chi connectivity index (χ4v) is 3.35. The fourth-order valence-electron chi connectivity index (χ4n) is 2.80. The zero-order valence-corrected chi connectivity index (χ0v) is 17.5. The van der Waals surface area contributed by atoms with Gasteiger partial charge in [-0.15, -0.1) is 0 Å². The second kappa shape index (κ2) is 9.81. The molecule has 0 aliphatic heterocycles. The summed E-state index contributed by atoms with van der Waals surface area (Å²) in [6.45, 7) is -0.245. The summed E-state index contributed by atoms with van der Waals surface area (Å²) in [5, 5.41) is 23.4. The lowest BCUT2D eigenvalue weighted by atomic mass is 10.1. The Balaban J connectivity index is 2.01. The van der Waals surface area contributed by atoms with Crippen LogP contribution in [-0.4, -0.2) is 15.8 Å². The number of esters is 1. The lowest BCUT2D eigenvalue weighted by Gasteiger charge is -2.12. The van der Waals surface area contributed by atoms with Crippen molar-refractivity contribution < 1.29 is 24.1 Å². The molecule has 0 unspecified atom stereocenters. The molecule has 3 aromatic carbocycles. The van der Waals surface area contributed by atoms with Crippen LogP contribution in [0.2, 0.25) is 0 Å². The number of benzene rings is 3. The van der Waals surface area contributed by atoms with Crippen LogP contribution in [0.1, 0.15) is 21.5 Å². The first kappa shape index (κ1) is 21.9. The van der Waals surface area contributed by atoms with Gasteiger partial charge >= 0.3 is 17.3 Å². The molecule has 158 valence electrons. The first-order valence-electron chi connectivity index (χ1n) is 8.91. The highest BCUT2D eigenvalue weighted by Gasteiger charge is 2.38. The number of rotatable bonds is 8. The molecule has 0 amide bonds. The van der Waals surface area contributed by atoms with Crippen molar-refractivity contribution in [1.82, 2.24) is 0 Å². The van der Waals surface area contributed by atoms with Gasteiger partial charge in [-0.2, -0.15) is 0 Å². The van der Waals surface area contributed by atoms with Gasteiger partial charge in [-0.3, -0.25) is 20.2 Å². The molecule has 3 aromatic rings. The number of nitrogens with zero attached hydrogens (tertiary/aromatic N) is 2. The van der Waals surface area contributed by atoms with Crippen molar-refractivity contribution in [2.45, 2.75) is 13.2 Å². The normalized spacial score (nSPS) is 10.4. The molecule has 10 heteroatoms. The second-order valence-corrected chi connectivity index (χ2v) is 7.13. The van der Waals surface area contributed by atoms with Crippen LogP contribution in [-0.2, 0) is 18.0 Å². The highest BCUT2D eigenvalue weighted by Crippen LogP contribution is 2.43. The fraction of sp³-hybridized carbons (Fsp3) is 0.0952. The molecule has 0 saturated heterocycles. The van der Waals surface area contributed by atoms with Crippen molar-refractivity contribution in [3.63, 3.8) is 0 Å². The minimum Gasteiger partial charge on any atom is -0.482 e. The van der Waals surface area contributed by atoms with Gasteiger partial charge in [-0.1, -0.05) is 60.7 Å². The van der Waals surface area contributed by atoms with Gasteiger partial charge < -0.3 is 9.47 Å². The largest absolute Gasteiger partial charge is 0.482 e. The monoisotopic (exact) mass is 486 g/mol. The SMILES string of the molecule is O=C(OCc1ccccc1)c1c([N+](=O)[O-])c(Br)cc(OCc2ccccc2)c1[N+](=O)[O-]. The van der Waals surface area contributed by atoms with Crippen molar-refractivity contribution in [3.05, 3.63) is 108 Å². The molecule has 0 bridgehead atoms. The number of ether oxygens (including phenoxy) is 2. The molecule has 0 aliphatic rings. The van der Waals surface area contributed by atoms with Crippen molar-refractivity contribution in [3.8, 4) is 5.75 Å². The third-order valence-electron chi connectivity index (χ3n) is 4.21. The molecule has 3 rings (SSSR count). The molecule has 0 aromatic heterocycles. The summed E-state index contributed by atoms with van der Waals surface area (Å²) < 4.78 is 10.6. The Morgan fingerprint density at radius 2 is 1.35 bits per heavy atom.